The summed E-state index contributed by atoms with van der Waals surface area (Å²) in [6.45, 7) is 0.639. The van der Waals surface area contributed by atoms with Gasteiger partial charge in [0.05, 0.1) is 19.5 Å². The SMILES string of the molecule is COc1cnc(SCCN)nc1. The maximum absolute atomic E-state index is 5.33. The van der Waals surface area contributed by atoms with Gasteiger partial charge in [-0.25, -0.2) is 9.97 Å². The van der Waals surface area contributed by atoms with Crippen molar-refractivity contribution in [1.82, 2.24) is 9.97 Å². The van der Waals surface area contributed by atoms with Crippen molar-refractivity contribution in [1.29, 1.82) is 0 Å². The number of nitrogens with zero attached hydrogens (tertiary/aromatic N) is 2. The number of aromatic nitrogens is 2. The van der Waals surface area contributed by atoms with Crippen LogP contribution in [-0.2, 0) is 0 Å². The first-order valence-corrected chi connectivity index (χ1v) is 4.54. The van der Waals surface area contributed by atoms with Crippen LogP contribution < -0.4 is 10.5 Å². The summed E-state index contributed by atoms with van der Waals surface area (Å²) >= 11 is 1.54. The van der Waals surface area contributed by atoms with Gasteiger partial charge in [0.2, 0.25) is 0 Å². The third-order valence-electron chi connectivity index (χ3n) is 1.19. The molecule has 0 spiro atoms. The molecule has 1 aromatic heterocycles. The van der Waals surface area contributed by atoms with E-state index in [0.717, 1.165) is 10.9 Å². The Morgan fingerprint density at radius 3 is 2.67 bits per heavy atom. The van der Waals surface area contributed by atoms with E-state index in [-0.39, 0.29) is 0 Å². The highest BCUT2D eigenvalue weighted by Gasteiger charge is 1.96. The first-order chi connectivity index (χ1) is 5.86. The molecule has 0 unspecified atom stereocenters. The van der Waals surface area contributed by atoms with Crippen LogP contribution in [0.25, 0.3) is 0 Å². The molecule has 0 aromatic carbocycles. The molecule has 0 fully saturated rings. The molecule has 1 heterocycles. The van der Waals surface area contributed by atoms with Crippen molar-refractivity contribution in [2.24, 2.45) is 5.73 Å². The zero-order chi connectivity index (χ0) is 8.81. The van der Waals surface area contributed by atoms with Crippen LogP contribution in [0.1, 0.15) is 0 Å². The number of thioether (sulfide) groups is 1. The van der Waals surface area contributed by atoms with Crippen LogP contribution in [0, 0.1) is 0 Å². The zero-order valence-corrected chi connectivity index (χ0v) is 7.67. The lowest BCUT2D eigenvalue weighted by atomic mass is 10.6. The number of rotatable bonds is 4. The molecule has 66 valence electrons. The molecular formula is C7H11N3OS. The van der Waals surface area contributed by atoms with Crippen molar-refractivity contribution in [2.45, 2.75) is 5.16 Å². The topological polar surface area (TPSA) is 61.0 Å². The molecule has 1 rings (SSSR count). The smallest absolute Gasteiger partial charge is 0.187 e. The van der Waals surface area contributed by atoms with Crippen molar-refractivity contribution in [3.63, 3.8) is 0 Å². The van der Waals surface area contributed by atoms with Crippen molar-refractivity contribution >= 4 is 11.8 Å². The van der Waals surface area contributed by atoms with Gasteiger partial charge in [0.15, 0.2) is 10.9 Å². The predicted octanol–water partition coefficient (Wildman–Crippen LogP) is 0.536. The molecule has 0 saturated heterocycles. The Morgan fingerprint density at radius 2 is 2.17 bits per heavy atom. The predicted molar refractivity (Wildman–Crippen MR) is 48.4 cm³/mol. The monoisotopic (exact) mass is 185 g/mol. The third-order valence-corrected chi connectivity index (χ3v) is 2.10. The molecule has 0 radical (unpaired) electrons. The Hall–Kier alpha value is -0.810. The molecule has 0 aliphatic rings. The second-order valence-corrected chi connectivity index (χ2v) is 3.10. The number of hydrogen-bond donors (Lipinski definition) is 1. The molecule has 12 heavy (non-hydrogen) atoms. The Morgan fingerprint density at radius 1 is 1.50 bits per heavy atom. The van der Waals surface area contributed by atoms with E-state index in [2.05, 4.69) is 9.97 Å². The normalized spacial score (nSPS) is 9.83. The summed E-state index contributed by atoms with van der Waals surface area (Å²) in [5, 5.41) is 0.737. The van der Waals surface area contributed by atoms with Crippen molar-refractivity contribution in [3.8, 4) is 5.75 Å². The number of ether oxygens (including phenoxy) is 1. The van der Waals surface area contributed by atoms with E-state index in [1.54, 1.807) is 19.5 Å². The van der Waals surface area contributed by atoms with Gasteiger partial charge < -0.3 is 10.5 Å². The number of nitrogens with two attached hydrogens (primary N) is 1. The van der Waals surface area contributed by atoms with Crippen molar-refractivity contribution < 1.29 is 4.74 Å². The van der Waals surface area contributed by atoms with Gasteiger partial charge in [0, 0.05) is 12.3 Å². The second-order valence-electron chi connectivity index (χ2n) is 2.04. The maximum Gasteiger partial charge on any atom is 0.187 e. The average molecular weight is 185 g/mol. The first kappa shape index (κ1) is 9.28. The largest absolute Gasteiger partial charge is 0.494 e. The summed E-state index contributed by atoms with van der Waals surface area (Å²) in [5.41, 5.74) is 5.33. The van der Waals surface area contributed by atoms with E-state index in [1.165, 1.54) is 11.8 Å². The zero-order valence-electron chi connectivity index (χ0n) is 6.86. The summed E-state index contributed by atoms with van der Waals surface area (Å²) in [6.07, 6.45) is 3.29. The van der Waals surface area contributed by atoms with Gasteiger partial charge >= 0.3 is 0 Å². The number of methoxy groups -OCH3 is 1. The quantitative estimate of drug-likeness (QED) is 0.548. The summed E-state index contributed by atoms with van der Waals surface area (Å²) in [5.74, 6) is 1.51. The van der Waals surface area contributed by atoms with Crippen LogP contribution in [0.4, 0.5) is 0 Å². The highest BCUT2D eigenvalue weighted by Crippen LogP contribution is 2.13. The summed E-state index contributed by atoms with van der Waals surface area (Å²) in [6, 6.07) is 0. The fraction of sp³-hybridized carbons (Fsp3) is 0.429. The summed E-state index contributed by atoms with van der Waals surface area (Å²) in [4.78, 5) is 8.12. The lowest BCUT2D eigenvalue weighted by Crippen LogP contribution is -2.01. The van der Waals surface area contributed by atoms with E-state index in [9.17, 15) is 0 Å². The van der Waals surface area contributed by atoms with Crippen LogP contribution in [0.5, 0.6) is 5.75 Å². The van der Waals surface area contributed by atoms with E-state index < -0.39 is 0 Å². The van der Waals surface area contributed by atoms with Gasteiger partial charge in [0.25, 0.3) is 0 Å². The standard InChI is InChI=1S/C7H11N3OS/c1-11-6-4-9-7(10-5-6)12-3-2-8/h4-5H,2-3,8H2,1H3. The van der Waals surface area contributed by atoms with Crippen LogP contribution in [0.15, 0.2) is 17.6 Å². The Balaban J connectivity index is 2.53. The molecular weight excluding hydrogens is 174 g/mol. The molecule has 0 amide bonds. The van der Waals surface area contributed by atoms with Crippen LogP contribution >= 0.6 is 11.8 Å². The molecule has 0 bridgehead atoms. The fourth-order valence-corrected chi connectivity index (χ4v) is 1.19. The van der Waals surface area contributed by atoms with Gasteiger partial charge in [0.1, 0.15) is 0 Å². The minimum Gasteiger partial charge on any atom is -0.494 e. The summed E-state index contributed by atoms with van der Waals surface area (Å²) < 4.78 is 4.91. The minimum atomic E-state index is 0.639. The van der Waals surface area contributed by atoms with E-state index in [4.69, 9.17) is 10.5 Å². The van der Waals surface area contributed by atoms with Gasteiger partial charge in [-0.15, -0.1) is 0 Å². The Kier molecular flexibility index (Phi) is 3.83. The Labute approximate surface area is 75.5 Å². The van der Waals surface area contributed by atoms with E-state index in [1.807, 2.05) is 0 Å². The molecule has 1 aromatic rings. The highest BCUT2D eigenvalue weighted by atomic mass is 32.2. The first-order valence-electron chi connectivity index (χ1n) is 3.55. The second kappa shape index (κ2) is 4.95. The summed E-state index contributed by atoms with van der Waals surface area (Å²) in [7, 11) is 1.59. The van der Waals surface area contributed by atoms with Crippen molar-refractivity contribution in [3.05, 3.63) is 12.4 Å². The van der Waals surface area contributed by atoms with E-state index in [0.29, 0.717) is 12.3 Å². The van der Waals surface area contributed by atoms with Gasteiger partial charge in [-0.3, -0.25) is 0 Å². The molecule has 0 saturated carbocycles. The molecule has 0 atom stereocenters. The minimum absolute atomic E-state index is 0.639. The molecule has 0 aliphatic heterocycles. The Bertz CT molecular complexity index is 227. The lowest BCUT2D eigenvalue weighted by molar-refractivity contribution is 0.409. The van der Waals surface area contributed by atoms with Gasteiger partial charge in [-0.1, -0.05) is 11.8 Å². The van der Waals surface area contributed by atoms with Crippen molar-refractivity contribution in [2.75, 3.05) is 19.4 Å². The molecule has 5 heteroatoms. The van der Waals surface area contributed by atoms with Gasteiger partial charge in [-0.2, -0.15) is 0 Å². The molecule has 0 aliphatic carbocycles. The molecule has 4 nitrogen and oxygen atoms in total. The average Bonchev–Trinajstić information content (AvgIpc) is 2.15. The fourth-order valence-electron chi connectivity index (χ4n) is 0.635. The maximum atomic E-state index is 5.33. The number of hydrogen-bond acceptors (Lipinski definition) is 5. The van der Waals surface area contributed by atoms with Gasteiger partial charge in [-0.05, 0) is 0 Å². The van der Waals surface area contributed by atoms with Crippen LogP contribution in [-0.4, -0.2) is 29.4 Å². The van der Waals surface area contributed by atoms with Crippen LogP contribution in [0.2, 0.25) is 0 Å². The third kappa shape index (κ3) is 2.67. The highest BCUT2D eigenvalue weighted by molar-refractivity contribution is 7.99. The van der Waals surface area contributed by atoms with Crippen LogP contribution in [0.3, 0.4) is 0 Å². The molecule has 2 N–H and O–H groups in total. The van der Waals surface area contributed by atoms with E-state index >= 15 is 0 Å². The lowest BCUT2D eigenvalue weighted by Gasteiger charge is -1.99.